The molecule has 17 heavy (non-hydrogen) atoms. The molecule has 1 saturated heterocycles. The Balaban J connectivity index is 2.54. The van der Waals surface area contributed by atoms with E-state index in [1.807, 2.05) is 0 Å². The minimum atomic E-state index is -3.50. The summed E-state index contributed by atoms with van der Waals surface area (Å²) in [6.45, 7) is 0.787. The van der Waals surface area contributed by atoms with Crippen molar-refractivity contribution in [2.75, 3.05) is 25.9 Å². The normalized spacial score (nSPS) is 25.4. The Morgan fingerprint density at radius 1 is 1.47 bits per heavy atom. The highest BCUT2D eigenvalue weighted by molar-refractivity contribution is 7.89. The smallest absolute Gasteiger partial charge is 0.303 e. The third kappa shape index (κ3) is 3.91. The van der Waals surface area contributed by atoms with Crippen molar-refractivity contribution in [3.8, 4) is 0 Å². The van der Waals surface area contributed by atoms with Crippen LogP contribution in [0, 0.1) is 0 Å². The number of likely N-dealkylation sites (N-methyl/N-ethyl adjacent to an activating group) is 1. The molecule has 0 aromatic heterocycles. The maximum absolute atomic E-state index is 11.8. The van der Waals surface area contributed by atoms with Crippen LogP contribution in [0.2, 0.25) is 0 Å². The minimum absolute atomic E-state index is 0.0816. The highest BCUT2D eigenvalue weighted by Crippen LogP contribution is 2.13. The fourth-order valence-corrected chi connectivity index (χ4v) is 3.20. The number of aliphatic carboxylic acids is 1. The van der Waals surface area contributed by atoms with E-state index in [2.05, 4.69) is 5.32 Å². The fourth-order valence-electron chi connectivity index (χ4n) is 1.78. The first-order valence-electron chi connectivity index (χ1n) is 5.41. The molecule has 1 rings (SSSR count). The van der Waals surface area contributed by atoms with E-state index in [9.17, 15) is 18.3 Å². The minimum Gasteiger partial charge on any atom is -0.481 e. The van der Waals surface area contributed by atoms with Gasteiger partial charge in [0.2, 0.25) is 10.0 Å². The molecule has 0 aromatic carbocycles. The third-order valence-corrected chi connectivity index (χ3v) is 4.80. The molecule has 0 unspecified atom stereocenters. The molecule has 1 fully saturated rings. The van der Waals surface area contributed by atoms with Crippen LogP contribution in [0.5, 0.6) is 0 Å². The summed E-state index contributed by atoms with van der Waals surface area (Å²) in [5.41, 5.74) is 0. The summed E-state index contributed by atoms with van der Waals surface area (Å²) in [5, 5.41) is 20.9. The summed E-state index contributed by atoms with van der Waals surface area (Å²) in [5.74, 6) is -1.22. The fraction of sp³-hybridized carbons (Fsp3) is 0.889. The van der Waals surface area contributed by atoms with E-state index in [0.29, 0.717) is 13.1 Å². The van der Waals surface area contributed by atoms with Crippen molar-refractivity contribution in [2.45, 2.75) is 25.0 Å². The zero-order valence-electron chi connectivity index (χ0n) is 9.66. The molecule has 1 aliphatic rings. The molecule has 0 saturated carbocycles. The number of hydrogen-bond acceptors (Lipinski definition) is 5. The quantitative estimate of drug-likeness (QED) is 0.537. The number of hydrogen-bond donors (Lipinski definition) is 3. The SMILES string of the molecule is CN([C@@H]1CNC[C@H]1O)S(=O)(=O)CCCC(=O)O. The standard InChI is InChI=1S/C9H18N2O5S/c1-11(7-5-10-6-8(7)12)17(15,16)4-2-3-9(13)14/h7-8,10,12H,2-6H2,1H3,(H,13,14)/t7-,8-/m1/s1. The van der Waals surface area contributed by atoms with Crippen molar-refractivity contribution in [1.82, 2.24) is 9.62 Å². The molecule has 0 bridgehead atoms. The number of aliphatic hydroxyl groups is 1. The second-order valence-electron chi connectivity index (χ2n) is 4.12. The van der Waals surface area contributed by atoms with Crippen molar-refractivity contribution in [3.05, 3.63) is 0 Å². The second kappa shape index (κ2) is 5.76. The van der Waals surface area contributed by atoms with E-state index in [1.165, 1.54) is 7.05 Å². The Hall–Kier alpha value is -0.700. The molecular formula is C9H18N2O5S. The lowest BCUT2D eigenvalue weighted by molar-refractivity contribution is -0.137. The van der Waals surface area contributed by atoms with Gasteiger partial charge in [0.25, 0.3) is 0 Å². The van der Waals surface area contributed by atoms with E-state index in [0.717, 1.165) is 4.31 Å². The van der Waals surface area contributed by atoms with Crippen molar-refractivity contribution in [1.29, 1.82) is 0 Å². The molecule has 8 heteroatoms. The van der Waals surface area contributed by atoms with Gasteiger partial charge in [0.1, 0.15) is 0 Å². The van der Waals surface area contributed by atoms with Gasteiger partial charge in [0.05, 0.1) is 17.9 Å². The van der Waals surface area contributed by atoms with Crippen LogP contribution in [-0.2, 0) is 14.8 Å². The van der Waals surface area contributed by atoms with Crippen LogP contribution in [0.15, 0.2) is 0 Å². The first-order valence-corrected chi connectivity index (χ1v) is 7.02. The molecule has 3 N–H and O–H groups in total. The van der Waals surface area contributed by atoms with Crippen LogP contribution in [0.4, 0.5) is 0 Å². The zero-order chi connectivity index (χ0) is 13.1. The van der Waals surface area contributed by atoms with Crippen LogP contribution in [0.3, 0.4) is 0 Å². The Kier molecular flexibility index (Phi) is 4.87. The first-order chi connectivity index (χ1) is 7.84. The summed E-state index contributed by atoms with van der Waals surface area (Å²) in [6.07, 6.45) is -0.800. The number of carbonyl (C=O) groups is 1. The van der Waals surface area contributed by atoms with Crippen LogP contribution < -0.4 is 5.32 Å². The molecule has 7 nitrogen and oxygen atoms in total. The van der Waals surface area contributed by atoms with Gasteiger partial charge in [-0.3, -0.25) is 4.79 Å². The Morgan fingerprint density at radius 2 is 2.12 bits per heavy atom. The summed E-state index contributed by atoms with van der Waals surface area (Å²) in [6, 6.07) is -0.468. The molecule has 1 aliphatic heterocycles. The average molecular weight is 266 g/mol. The van der Waals surface area contributed by atoms with Gasteiger partial charge in [-0.1, -0.05) is 0 Å². The van der Waals surface area contributed by atoms with Gasteiger partial charge in [-0.2, -0.15) is 4.31 Å². The molecule has 100 valence electrons. The summed E-state index contributed by atoms with van der Waals surface area (Å²) >= 11 is 0. The van der Waals surface area contributed by atoms with Crippen LogP contribution in [-0.4, -0.2) is 66.9 Å². The zero-order valence-corrected chi connectivity index (χ0v) is 10.5. The van der Waals surface area contributed by atoms with Crippen molar-refractivity contribution in [2.24, 2.45) is 0 Å². The monoisotopic (exact) mass is 266 g/mol. The van der Waals surface area contributed by atoms with Gasteiger partial charge < -0.3 is 15.5 Å². The highest BCUT2D eigenvalue weighted by Gasteiger charge is 2.34. The molecule has 1 heterocycles. The van der Waals surface area contributed by atoms with Gasteiger partial charge in [-0.25, -0.2) is 8.42 Å². The number of aliphatic hydroxyl groups excluding tert-OH is 1. The number of carboxylic acid groups (broad SMARTS) is 1. The van der Waals surface area contributed by atoms with Gasteiger partial charge in [-0.15, -0.1) is 0 Å². The van der Waals surface area contributed by atoms with Crippen LogP contribution >= 0.6 is 0 Å². The van der Waals surface area contributed by atoms with E-state index < -0.39 is 28.1 Å². The first kappa shape index (κ1) is 14.4. The molecule has 0 aliphatic carbocycles. The largest absolute Gasteiger partial charge is 0.481 e. The molecule has 0 aromatic rings. The number of nitrogens with one attached hydrogen (secondary N) is 1. The van der Waals surface area contributed by atoms with E-state index >= 15 is 0 Å². The summed E-state index contributed by atoms with van der Waals surface area (Å²) in [7, 11) is -2.09. The number of carboxylic acids is 1. The number of nitrogens with zero attached hydrogens (tertiary/aromatic N) is 1. The Bertz CT molecular complexity index is 370. The van der Waals surface area contributed by atoms with Gasteiger partial charge in [-0.05, 0) is 6.42 Å². The lowest BCUT2D eigenvalue weighted by atomic mass is 10.2. The highest BCUT2D eigenvalue weighted by atomic mass is 32.2. The molecular weight excluding hydrogens is 248 g/mol. The number of β-amino-alcohol motifs (C(OH)–C–C–N with tert-alkyl or cyclic N) is 1. The van der Waals surface area contributed by atoms with Gasteiger partial charge >= 0.3 is 5.97 Å². The van der Waals surface area contributed by atoms with E-state index in [1.54, 1.807) is 0 Å². The van der Waals surface area contributed by atoms with E-state index in [4.69, 9.17) is 5.11 Å². The third-order valence-electron chi connectivity index (χ3n) is 2.85. The van der Waals surface area contributed by atoms with E-state index in [-0.39, 0.29) is 18.6 Å². The number of rotatable bonds is 6. The maximum Gasteiger partial charge on any atom is 0.303 e. The van der Waals surface area contributed by atoms with Crippen molar-refractivity contribution >= 4 is 16.0 Å². The van der Waals surface area contributed by atoms with Crippen LogP contribution in [0.25, 0.3) is 0 Å². The molecule has 2 atom stereocenters. The van der Waals surface area contributed by atoms with Crippen LogP contribution in [0.1, 0.15) is 12.8 Å². The summed E-state index contributed by atoms with van der Waals surface area (Å²) < 4.78 is 24.8. The molecule has 0 amide bonds. The molecule has 0 radical (unpaired) electrons. The average Bonchev–Trinajstić information content (AvgIpc) is 2.62. The van der Waals surface area contributed by atoms with Crippen molar-refractivity contribution in [3.63, 3.8) is 0 Å². The topological polar surface area (TPSA) is 107 Å². The second-order valence-corrected chi connectivity index (χ2v) is 6.27. The maximum atomic E-state index is 11.8. The Labute approximate surface area is 100 Å². The lowest BCUT2D eigenvalue weighted by Gasteiger charge is -2.25. The molecule has 0 spiro atoms. The lowest BCUT2D eigenvalue weighted by Crippen LogP contribution is -2.45. The predicted molar refractivity (Wildman–Crippen MR) is 61.1 cm³/mol. The van der Waals surface area contributed by atoms with Crippen molar-refractivity contribution < 1.29 is 23.4 Å². The predicted octanol–water partition coefficient (Wildman–Crippen LogP) is -1.55. The summed E-state index contributed by atoms with van der Waals surface area (Å²) in [4.78, 5) is 10.3. The number of sulfonamides is 1. The van der Waals surface area contributed by atoms with Gasteiger partial charge in [0.15, 0.2) is 0 Å². The van der Waals surface area contributed by atoms with Gasteiger partial charge in [0, 0.05) is 26.6 Å². The Morgan fingerprint density at radius 3 is 2.59 bits per heavy atom.